The fraction of sp³-hybridized carbons (Fsp3) is 0. The molecule has 0 nitrogen and oxygen atoms in total. The van der Waals surface area contributed by atoms with E-state index in [1.54, 1.807) is 0 Å². The first-order valence-electron chi connectivity index (χ1n) is 0. The standard InChI is InChI=1S/3BrH.Cs.Pb.3H/h3*1H;;;;;/q;;;+1;;;;-1. The van der Waals surface area contributed by atoms with Gasteiger partial charge in [-0.25, -0.2) is 0 Å². The van der Waals surface area contributed by atoms with E-state index >= 15 is 0 Å². The van der Waals surface area contributed by atoms with Gasteiger partial charge in [-0.2, -0.15) is 0 Å². The summed E-state index contributed by atoms with van der Waals surface area (Å²) in [5.74, 6) is 0. The number of rotatable bonds is 0. The summed E-state index contributed by atoms with van der Waals surface area (Å²) in [4.78, 5) is 0. The summed E-state index contributed by atoms with van der Waals surface area (Å²) in [6.45, 7) is 0. The van der Waals surface area contributed by atoms with Crippen molar-refractivity contribution in [2.45, 2.75) is 0 Å². The zero-order valence-electron chi connectivity index (χ0n) is 3.93. The van der Waals surface area contributed by atoms with Crippen molar-refractivity contribution in [2.75, 3.05) is 0 Å². The van der Waals surface area contributed by atoms with Crippen LogP contribution in [0.15, 0.2) is 0 Å². The predicted molar refractivity (Wildman–Crippen MR) is 40.6 cm³/mol. The molecule has 0 fully saturated rings. The molecule has 2 radical (unpaired) electrons. The van der Waals surface area contributed by atoms with Crippen molar-refractivity contribution in [3.05, 3.63) is 0 Å². The van der Waals surface area contributed by atoms with Crippen LogP contribution < -0.4 is 68.9 Å². The third kappa shape index (κ3) is 17.8. The fourth-order valence-corrected chi connectivity index (χ4v) is 0. The van der Waals surface area contributed by atoms with Gasteiger partial charge in [0, 0.05) is 0 Å². The molecule has 0 saturated carbocycles. The van der Waals surface area contributed by atoms with Crippen LogP contribution in [0.5, 0.6) is 0 Å². The van der Waals surface area contributed by atoms with Gasteiger partial charge in [0.25, 0.3) is 0 Å². The molecule has 0 atom stereocenters. The number of hydrogen-bond acceptors (Lipinski definition) is 0. The first kappa shape index (κ1) is 34.2. The Morgan fingerprint density at radius 2 is 0.800 bits per heavy atom. The molecule has 0 heterocycles. The summed E-state index contributed by atoms with van der Waals surface area (Å²) in [5.41, 5.74) is 0. The summed E-state index contributed by atoms with van der Waals surface area (Å²) >= 11 is 0. The topological polar surface area (TPSA) is 0 Å². The van der Waals surface area contributed by atoms with E-state index in [-0.39, 0.29) is 149 Å². The Morgan fingerprint density at radius 1 is 0.800 bits per heavy atom. The zero-order chi connectivity index (χ0) is 0. The monoisotopic (exact) mass is 584 g/mol. The van der Waals surface area contributed by atoms with E-state index in [4.69, 9.17) is 0 Å². The van der Waals surface area contributed by atoms with Crippen LogP contribution in [0, 0.1) is 0 Å². The Kier molecular flexibility index (Phi) is 162. The van der Waals surface area contributed by atoms with Crippen molar-refractivity contribution in [3.63, 3.8) is 0 Å². The third-order valence-electron chi connectivity index (χ3n) is 0. The molecule has 0 aliphatic rings. The maximum absolute atomic E-state index is 0. The van der Waals surface area contributed by atoms with Gasteiger partial charge in [-0.05, 0) is 0 Å². The van der Waals surface area contributed by atoms with Gasteiger partial charge in [0.15, 0.2) is 0 Å². The molecule has 0 aromatic carbocycles. The molecule has 0 amide bonds. The number of halogens is 3. The van der Waals surface area contributed by atoms with E-state index in [9.17, 15) is 0 Å². The molecule has 0 N–H and O–H groups in total. The first-order chi connectivity index (χ1) is 0. The molecule has 0 aliphatic heterocycles. The average Bonchev–Trinajstić information content (AvgIpc) is 0. The Hall–Kier alpha value is 4.41. The Bertz CT molecular complexity index is 10.8. The quantitative estimate of drug-likeness (QED) is 0.287. The molecule has 5 heavy (non-hydrogen) atoms. The second-order valence-corrected chi connectivity index (χ2v) is 0. The molecule has 0 aromatic rings. The molecule has 0 aliphatic carbocycles. The van der Waals surface area contributed by atoms with Crippen LogP contribution >= 0.6 is 50.9 Å². The van der Waals surface area contributed by atoms with Crippen molar-refractivity contribution in [3.8, 4) is 0 Å². The molecule has 0 aromatic heterocycles. The van der Waals surface area contributed by atoms with Gasteiger partial charge in [-0.15, -0.1) is 50.9 Å². The summed E-state index contributed by atoms with van der Waals surface area (Å²) in [5, 5.41) is 0. The zero-order valence-corrected chi connectivity index (χ0v) is 19.8. The summed E-state index contributed by atoms with van der Waals surface area (Å²) in [7, 11) is 0. The van der Waals surface area contributed by atoms with Gasteiger partial charge in [0.05, 0.1) is 0 Å². The molecule has 32 valence electrons. The predicted octanol–water partition coefficient (Wildman–Crippen LogP) is -2.07. The van der Waals surface area contributed by atoms with E-state index in [2.05, 4.69) is 0 Å². The van der Waals surface area contributed by atoms with E-state index in [1.165, 1.54) is 0 Å². The van der Waals surface area contributed by atoms with E-state index < -0.39 is 0 Å². The van der Waals surface area contributed by atoms with Crippen molar-refractivity contribution in [1.82, 2.24) is 0 Å². The number of hydrogen-bond donors (Lipinski definition) is 0. The summed E-state index contributed by atoms with van der Waals surface area (Å²) in [6, 6.07) is 0. The fourth-order valence-electron chi connectivity index (χ4n) is 0. The molecular formula is H6Br3CsPb. The molecule has 0 spiro atoms. The third-order valence-corrected chi connectivity index (χ3v) is 0. The first-order valence-corrected chi connectivity index (χ1v) is 0. The van der Waals surface area contributed by atoms with Crippen molar-refractivity contribution < 1.29 is 70.3 Å². The van der Waals surface area contributed by atoms with Gasteiger partial charge < -0.3 is 1.43 Å². The van der Waals surface area contributed by atoms with Gasteiger partial charge in [-0.3, -0.25) is 0 Å². The van der Waals surface area contributed by atoms with Gasteiger partial charge in [0.1, 0.15) is 0 Å². The van der Waals surface area contributed by atoms with Gasteiger partial charge in [0.2, 0.25) is 0 Å². The van der Waals surface area contributed by atoms with Crippen LogP contribution in [0.3, 0.4) is 0 Å². The SMILES string of the molecule is Br.Br.Br.[Cs+].[H-].[PbH2]. The van der Waals surface area contributed by atoms with E-state index in [0.717, 1.165) is 0 Å². The molecule has 5 heteroatoms. The summed E-state index contributed by atoms with van der Waals surface area (Å²) < 4.78 is 0. The Balaban J connectivity index is 0. The molecule has 0 unspecified atom stereocenters. The molecule has 0 rings (SSSR count). The van der Waals surface area contributed by atoms with Gasteiger partial charge in [-0.1, -0.05) is 0 Å². The van der Waals surface area contributed by atoms with Crippen LogP contribution in [0.2, 0.25) is 0 Å². The van der Waals surface area contributed by atoms with E-state index in [0.29, 0.717) is 0 Å². The van der Waals surface area contributed by atoms with Crippen LogP contribution in [0.4, 0.5) is 0 Å². The molecule has 0 saturated heterocycles. The van der Waals surface area contributed by atoms with Crippen LogP contribution in [-0.4, -0.2) is 27.3 Å². The minimum absolute atomic E-state index is 0. The Morgan fingerprint density at radius 3 is 0.800 bits per heavy atom. The minimum atomic E-state index is 0. The normalized spacial score (nSPS) is 0. The average molecular weight is 586 g/mol. The Labute approximate surface area is 144 Å². The van der Waals surface area contributed by atoms with E-state index in [1.807, 2.05) is 0 Å². The van der Waals surface area contributed by atoms with Crippen molar-refractivity contribution in [2.24, 2.45) is 0 Å². The van der Waals surface area contributed by atoms with Crippen molar-refractivity contribution >= 4 is 78.2 Å². The maximum atomic E-state index is 0. The van der Waals surface area contributed by atoms with Crippen LogP contribution in [0.25, 0.3) is 0 Å². The van der Waals surface area contributed by atoms with Gasteiger partial charge >= 0.3 is 96.2 Å². The second kappa shape index (κ2) is 23.7. The molecular weight excluding hydrogens is 580 g/mol. The van der Waals surface area contributed by atoms with Crippen LogP contribution in [-0.2, 0) is 0 Å². The molecule has 0 bridgehead atoms. The van der Waals surface area contributed by atoms with Crippen LogP contribution in [0.1, 0.15) is 1.43 Å². The van der Waals surface area contributed by atoms with Crippen molar-refractivity contribution in [1.29, 1.82) is 0 Å². The summed E-state index contributed by atoms with van der Waals surface area (Å²) in [6.07, 6.45) is 0. The second-order valence-electron chi connectivity index (χ2n) is 0.